The number of hydrogen-bond donors (Lipinski definition) is 1. The highest BCUT2D eigenvalue weighted by molar-refractivity contribution is 7.15. The van der Waals surface area contributed by atoms with Gasteiger partial charge >= 0.3 is 0 Å². The number of aromatic nitrogens is 3. The largest absolute Gasteiger partial charge is 0.380 e. The molecule has 2 heterocycles. The first-order valence-corrected chi connectivity index (χ1v) is 9.23. The predicted octanol–water partition coefficient (Wildman–Crippen LogP) is 5.12. The highest BCUT2D eigenvalue weighted by Gasteiger charge is 2.09. The maximum Gasteiger partial charge on any atom is 0.183 e. The van der Waals surface area contributed by atoms with Gasteiger partial charge in [0, 0.05) is 23.3 Å². The predicted molar refractivity (Wildman–Crippen MR) is 104 cm³/mol. The molecule has 4 nitrogen and oxygen atoms in total. The number of imidazole rings is 1. The van der Waals surface area contributed by atoms with E-state index in [4.69, 9.17) is 16.6 Å². The summed E-state index contributed by atoms with van der Waals surface area (Å²) in [5.41, 5.74) is 4.46. The summed E-state index contributed by atoms with van der Waals surface area (Å²) in [6.45, 7) is 3.59. The number of thiazole rings is 1. The number of halogens is 1. The summed E-state index contributed by atoms with van der Waals surface area (Å²) in [6.07, 6.45) is 1.80. The van der Waals surface area contributed by atoms with Crippen LogP contribution < -0.4 is 5.32 Å². The van der Waals surface area contributed by atoms with Crippen molar-refractivity contribution in [3.8, 4) is 0 Å². The lowest BCUT2D eigenvalue weighted by Crippen LogP contribution is -2.02. The van der Waals surface area contributed by atoms with Crippen molar-refractivity contribution in [2.24, 2.45) is 0 Å². The van der Waals surface area contributed by atoms with E-state index in [0.717, 1.165) is 34.0 Å². The third-order valence-corrected chi connectivity index (χ3v) is 5.23. The first-order valence-electron chi connectivity index (χ1n) is 8.04. The third kappa shape index (κ3) is 3.52. The van der Waals surface area contributed by atoms with Crippen LogP contribution >= 0.6 is 22.9 Å². The van der Waals surface area contributed by atoms with Crippen LogP contribution in [-0.2, 0) is 13.1 Å². The smallest absolute Gasteiger partial charge is 0.183 e. The van der Waals surface area contributed by atoms with Crippen molar-refractivity contribution >= 4 is 39.7 Å². The first-order chi connectivity index (χ1) is 12.2. The van der Waals surface area contributed by atoms with Gasteiger partial charge in [-0.2, -0.15) is 0 Å². The molecule has 0 aliphatic rings. The quantitative estimate of drug-likeness (QED) is 0.532. The van der Waals surface area contributed by atoms with Gasteiger partial charge in [0.2, 0.25) is 0 Å². The Morgan fingerprint density at radius 2 is 2.00 bits per heavy atom. The Kier molecular flexibility index (Phi) is 4.42. The molecule has 25 heavy (non-hydrogen) atoms. The van der Waals surface area contributed by atoms with E-state index < -0.39 is 0 Å². The second-order valence-electron chi connectivity index (χ2n) is 5.87. The zero-order chi connectivity index (χ0) is 17.2. The molecule has 0 unspecified atom stereocenters. The summed E-state index contributed by atoms with van der Waals surface area (Å²) in [7, 11) is 0. The van der Waals surface area contributed by atoms with Gasteiger partial charge in [-0.3, -0.25) is 0 Å². The van der Waals surface area contributed by atoms with Crippen molar-refractivity contribution in [3.63, 3.8) is 0 Å². The second kappa shape index (κ2) is 6.86. The fourth-order valence-corrected chi connectivity index (χ4v) is 3.80. The van der Waals surface area contributed by atoms with Gasteiger partial charge in [-0.1, -0.05) is 41.9 Å². The van der Waals surface area contributed by atoms with E-state index in [1.54, 1.807) is 6.20 Å². The van der Waals surface area contributed by atoms with Gasteiger partial charge in [-0.05, 0) is 30.7 Å². The van der Waals surface area contributed by atoms with Crippen LogP contribution in [0.15, 0.2) is 54.7 Å². The number of fused-ring (bicyclic) bond motifs is 1. The topological polar surface area (TPSA) is 42.7 Å². The van der Waals surface area contributed by atoms with E-state index in [1.807, 2.05) is 6.07 Å². The number of hydrogen-bond acceptors (Lipinski definition) is 4. The lowest BCUT2D eigenvalue weighted by molar-refractivity contribution is 0.786. The van der Waals surface area contributed by atoms with Crippen LogP contribution in [0.1, 0.15) is 16.3 Å². The Hall–Kier alpha value is -2.37. The van der Waals surface area contributed by atoms with Crippen molar-refractivity contribution in [1.82, 2.24) is 14.5 Å². The van der Waals surface area contributed by atoms with Gasteiger partial charge in [0.05, 0.1) is 17.6 Å². The Balaban J connectivity index is 1.57. The van der Waals surface area contributed by atoms with E-state index in [9.17, 15) is 0 Å². The van der Waals surface area contributed by atoms with Crippen LogP contribution in [0.5, 0.6) is 0 Å². The first kappa shape index (κ1) is 16.1. The summed E-state index contributed by atoms with van der Waals surface area (Å²) in [5.74, 6) is 1.02. The molecule has 0 spiro atoms. The molecule has 6 heteroatoms. The van der Waals surface area contributed by atoms with Crippen molar-refractivity contribution < 1.29 is 0 Å². The number of nitrogens with one attached hydrogen (secondary N) is 1. The molecule has 0 saturated heterocycles. The molecule has 0 saturated carbocycles. The number of nitrogens with zero attached hydrogens (tertiary/aromatic N) is 3. The van der Waals surface area contributed by atoms with Crippen molar-refractivity contribution in [3.05, 3.63) is 75.5 Å². The highest BCUT2D eigenvalue weighted by Crippen LogP contribution is 2.23. The minimum absolute atomic E-state index is 0.572. The minimum Gasteiger partial charge on any atom is -0.380 e. The Morgan fingerprint density at radius 3 is 2.76 bits per heavy atom. The van der Waals surface area contributed by atoms with E-state index >= 15 is 0 Å². The molecule has 0 bridgehead atoms. The number of benzene rings is 2. The number of rotatable bonds is 5. The van der Waals surface area contributed by atoms with Gasteiger partial charge in [0.25, 0.3) is 0 Å². The summed E-state index contributed by atoms with van der Waals surface area (Å²) in [6, 6.07) is 16.8. The molecule has 2 aromatic carbocycles. The van der Waals surface area contributed by atoms with E-state index in [1.165, 1.54) is 16.9 Å². The van der Waals surface area contributed by atoms with Crippen molar-refractivity contribution in [2.45, 2.75) is 20.0 Å². The van der Waals surface area contributed by atoms with Crippen LogP contribution in [0.4, 0.5) is 5.69 Å². The summed E-state index contributed by atoms with van der Waals surface area (Å²) >= 11 is 7.36. The fourth-order valence-electron chi connectivity index (χ4n) is 2.88. The minimum atomic E-state index is 0.572. The van der Waals surface area contributed by atoms with E-state index in [-0.39, 0.29) is 0 Å². The van der Waals surface area contributed by atoms with Crippen LogP contribution in [0, 0.1) is 6.92 Å². The fraction of sp³-hybridized carbons (Fsp3) is 0.158. The summed E-state index contributed by atoms with van der Waals surface area (Å²) < 4.78 is 2.82. The van der Waals surface area contributed by atoms with Gasteiger partial charge in [-0.15, -0.1) is 11.3 Å². The van der Waals surface area contributed by atoms with Crippen molar-refractivity contribution in [2.75, 3.05) is 5.32 Å². The maximum absolute atomic E-state index is 5.87. The van der Waals surface area contributed by atoms with E-state index in [0.29, 0.717) is 11.0 Å². The Bertz CT molecular complexity index is 1010. The van der Waals surface area contributed by atoms with Crippen LogP contribution in [-0.4, -0.2) is 14.5 Å². The summed E-state index contributed by atoms with van der Waals surface area (Å²) in [4.78, 5) is 9.89. The second-order valence-corrected chi connectivity index (χ2v) is 7.56. The molecule has 0 radical (unpaired) electrons. The molecule has 4 rings (SSSR count). The molecular formula is C19H17ClN4S. The Labute approximate surface area is 155 Å². The van der Waals surface area contributed by atoms with Crippen molar-refractivity contribution in [1.29, 1.82) is 0 Å². The monoisotopic (exact) mass is 368 g/mol. The third-order valence-electron chi connectivity index (χ3n) is 4.11. The zero-order valence-corrected chi connectivity index (χ0v) is 15.3. The standard InChI is InChI=1S/C19H17ClN4S/c1-13-23-17-9-15(21-10-16-11-22-19(20)25-16)7-8-18(17)24(13)12-14-5-3-2-4-6-14/h2-9,11,21H,10,12H2,1H3. The van der Waals surface area contributed by atoms with Crippen LogP contribution in [0.2, 0.25) is 4.47 Å². The average Bonchev–Trinajstić information content (AvgIpc) is 3.17. The maximum atomic E-state index is 5.87. The highest BCUT2D eigenvalue weighted by atomic mass is 35.5. The molecule has 0 fully saturated rings. The van der Waals surface area contributed by atoms with Gasteiger partial charge in [0.15, 0.2) is 4.47 Å². The SMILES string of the molecule is Cc1nc2cc(NCc3cnc(Cl)s3)ccc2n1Cc1ccccc1. The van der Waals surface area contributed by atoms with Gasteiger partial charge in [0.1, 0.15) is 5.82 Å². The molecule has 126 valence electrons. The average molecular weight is 369 g/mol. The molecule has 0 aliphatic carbocycles. The lowest BCUT2D eigenvalue weighted by Gasteiger charge is -2.08. The Morgan fingerprint density at radius 1 is 1.16 bits per heavy atom. The van der Waals surface area contributed by atoms with E-state index in [2.05, 4.69) is 64.3 Å². The molecule has 0 atom stereocenters. The summed E-state index contributed by atoms with van der Waals surface area (Å²) in [5, 5.41) is 3.41. The van der Waals surface area contributed by atoms with Gasteiger partial charge < -0.3 is 9.88 Å². The number of anilines is 1. The molecule has 1 N–H and O–H groups in total. The number of aryl methyl sites for hydroxylation is 1. The molecule has 0 amide bonds. The molecule has 2 aromatic heterocycles. The normalized spacial score (nSPS) is 11.1. The van der Waals surface area contributed by atoms with Gasteiger partial charge in [-0.25, -0.2) is 9.97 Å². The molecular weight excluding hydrogens is 352 g/mol. The molecule has 0 aliphatic heterocycles. The van der Waals surface area contributed by atoms with Crippen LogP contribution in [0.25, 0.3) is 11.0 Å². The molecule has 4 aromatic rings. The van der Waals surface area contributed by atoms with Crippen LogP contribution in [0.3, 0.4) is 0 Å². The zero-order valence-electron chi connectivity index (χ0n) is 13.7. The lowest BCUT2D eigenvalue weighted by atomic mass is 10.2.